The molecule has 3 rings (SSSR count). The van der Waals surface area contributed by atoms with Gasteiger partial charge in [0.25, 0.3) is 0 Å². The first-order valence-electron chi connectivity index (χ1n) is 6.12. The summed E-state index contributed by atoms with van der Waals surface area (Å²) in [5.74, 6) is 0.296. The largest absolute Gasteiger partial charge is 0.398 e. The van der Waals surface area contributed by atoms with Gasteiger partial charge in [0.2, 0.25) is 0 Å². The quantitative estimate of drug-likeness (QED) is 0.228. The van der Waals surface area contributed by atoms with Crippen LogP contribution in [0.3, 0.4) is 0 Å². The number of aromatic nitrogens is 1. The van der Waals surface area contributed by atoms with Gasteiger partial charge in [-0.3, -0.25) is 0 Å². The molecule has 0 aliphatic heterocycles. The summed E-state index contributed by atoms with van der Waals surface area (Å²) >= 11 is 0. The van der Waals surface area contributed by atoms with Crippen LogP contribution >= 0.6 is 0 Å². The predicted octanol–water partition coefficient (Wildman–Crippen LogP) is 0.463. The highest BCUT2D eigenvalue weighted by molar-refractivity contribution is 6.29. The van der Waals surface area contributed by atoms with Crippen molar-refractivity contribution in [2.45, 2.75) is 0 Å². The maximum Gasteiger partial charge on any atom is 0.135 e. The second kappa shape index (κ2) is 3.85. The number of hydrogen-bond acceptors (Lipinski definition) is 8. The van der Waals surface area contributed by atoms with Crippen molar-refractivity contribution in [2.75, 3.05) is 40.1 Å². The Balaban J connectivity index is 2.78. The van der Waals surface area contributed by atoms with Crippen molar-refractivity contribution < 1.29 is 0 Å². The van der Waals surface area contributed by atoms with E-state index in [4.69, 9.17) is 40.1 Å². The zero-order valence-corrected chi connectivity index (χ0v) is 11.1. The van der Waals surface area contributed by atoms with Crippen LogP contribution in [-0.4, -0.2) is 4.98 Å². The third kappa shape index (κ3) is 1.52. The van der Waals surface area contributed by atoms with E-state index in [1.807, 2.05) is 0 Å². The molecule has 8 nitrogen and oxygen atoms in total. The average Bonchev–Trinajstić information content (AvgIpc) is 2.61. The van der Waals surface area contributed by atoms with Crippen LogP contribution in [0.1, 0.15) is 0 Å². The molecule has 0 radical (unpaired) electrons. The van der Waals surface area contributed by atoms with Crippen molar-refractivity contribution in [1.82, 2.24) is 4.98 Å². The maximum absolute atomic E-state index is 6.22. The molecule has 21 heavy (non-hydrogen) atoms. The molecule has 0 aliphatic rings. The summed E-state index contributed by atoms with van der Waals surface area (Å²) in [6.45, 7) is 0. The van der Waals surface area contributed by atoms with Crippen molar-refractivity contribution in [1.29, 1.82) is 0 Å². The molecule has 0 bridgehead atoms. The minimum absolute atomic E-state index is 0.129. The lowest BCUT2D eigenvalue weighted by Gasteiger charge is -2.10. The van der Waals surface area contributed by atoms with E-state index in [1.54, 1.807) is 6.07 Å². The molecular weight excluding hydrogens is 268 g/mol. The van der Waals surface area contributed by atoms with Crippen molar-refractivity contribution in [3.8, 4) is 0 Å². The highest BCUT2D eigenvalue weighted by Gasteiger charge is 2.19. The number of nitrogen functional groups attached to an aromatic ring is 7. The summed E-state index contributed by atoms with van der Waals surface area (Å²) in [6, 6.07) is 3.08. The highest BCUT2D eigenvalue weighted by atomic mass is 14.9. The Morgan fingerprint density at radius 2 is 1.00 bits per heavy atom. The number of anilines is 7. The second-order valence-electron chi connectivity index (χ2n) is 4.90. The van der Waals surface area contributed by atoms with Gasteiger partial charge in [0.1, 0.15) is 11.6 Å². The molecule has 1 aromatic heterocycles. The van der Waals surface area contributed by atoms with E-state index in [0.717, 1.165) is 0 Å². The van der Waals surface area contributed by atoms with E-state index in [2.05, 4.69) is 4.98 Å². The van der Waals surface area contributed by atoms with E-state index in [0.29, 0.717) is 50.0 Å². The molecule has 1 heterocycles. The third-order valence-electron chi connectivity index (χ3n) is 3.56. The SMILES string of the molecule is Nc1cc(N)c2c(N)c3c(N)cc(N)c3c(N)c2c(N)n1. The van der Waals surface area contributed by atoms with Crippen molar-refractivity contribution in [3.63, 3.8) is 0 Å². The standard InChI is InChI=1S/C13H16N8/c14-3-1-4(15)8-7(3)11(18)9-5(16)2-6(17)21-13(20)10(9)12(8)19/h1-2H,14-16,18-19H2,(H4,17,20,21). The fourth-order valence-corrected chi connectivity index (χ4v) is 2.72. The summed E-state index contributed by atoms with van der Waals surface area (Å²) in [5, 5.41) is 2.01. The van der Waals surface area contributed by atoms with E-state index in [-0.39, 0.29) is 11.6 Å². The van der Waals surface area contributed by atoms with Crippen LogP contribution in [0.15, 0.2) is 12.1 Å². The van der Waals surface area contributed by atoms with E-state index >= 15 is 0 Å². The average molecular weight is 284 g/mol. The molecule has 0 fully saturated rings. The minimum atomic E-state index is 0.129. The fraction of sp³-hybridized carbons (Fsp3) is 0. The van der Waals surface area contributed by atoms with Gasteiger partial charge in [-0.15, -0.1) is 0 Å². The zero-order chi connectivity index (χ0) is 15.5. The van der Waals surface area contributed by atoms with Gasteiger partial charge in [-0.05, 0) is 6.07 Å². The van der Waals surface area contributed by atoms with Gasteiger partial charge in [0.15, 0.2) is 0 Å². The lowest BCUT2D eigenvalue weighted by Crippen LogP contribution is -2.00. The lowest BCUT2D eigenvalue weighted by atomic mass is 10.0. The van der Waals surface area contributed by atoms with Gasteiger partial charge < -0.3 is 40.1 Å². The number of fused-ring (bicyclic) bond motifs is 2. The van der Waals surface area contributed by atoms with Crippen LogP contribution in [0.2, 0.25) is 0 Å². The van der Waals surface area contributed by atoms with E-state index in [9.17, 15) is 0 Å². The molecule has 0 saturated carbocycles. The first kappa shape index (κ1) is 12.7. The molecule has 2 aromatic carbocycles. The van der Waals surface area contributed by atoms with Crippen LogP contribution < -0.4 is 40.1 Å². The summed E-state index contributed by atoms with van der Waals surface area (Å²) in [7, 11) is 0. The van der Waals surface area contributed by atoms with Crippen LogP contribution in [0, 0.1) is 0 Å². The number of benzene rings is 1. The first-order chi connectivity index (χ1) is 9.82. The lowest BCUT2D eigenvalue weighted by molar-refractivity contribution is 1.39. The van der Waals surface area contributed by atoms with Gasteiger partial charge in [-0.25, -0.2) is 4.98 Å². The molecule has 3 aromatic rings. The molecule has 0 saturated heterocycles. The monoisotopic (exact) mass is 284 g/mol. The molecular formula is C13H16N8. The summed E-state index contributed by atoms with van der Waals surface area (Å²) in [4.78, 5) is 4.04. The first-order valence-corrected chi connectivity index (χ1v) is 6.12. The van der Waals surface area contributed by atoms with Gasteiger partial charge >= 0.3 is 0 Å². The van der Waals surface area contributed by atoms with Gasteiger partial charge in [0.05, 0.1) is 16.8 Å². The van der Waals surface area contributed by atoms with Crippen LogP contribution in [0.25, 0.3) is 21.5 Å². The Kier molecular flexibility index (Phi) is 2.34. The van der Waals surface area contributed by atoms with Crippen molar-refractivity contribution in [2.24, 2.45) is 0 Å². The van der Waals surface area contributed by atoms with Crippen molar-refractivity contribution in [3.05, 3.63) is 12.1 Å². The minimum Gasteiger partial charge on any atom is -0.398 e. The Bertz CT molecular complexity index is 845. The number of nitrogens with zero attached hydrogens (tertiary/aromatic N) is 1. The fourth-order valence-electron chi connectivity index (χ4n) is 2.72. The Labute approximate surface area is 119 Å². The second-order valence-corrected chi connectivity index (χ2v) is 4.90. The maximum atomic E-state index is 6.22. The van der Waals surface area contributed by atoms with Crippen molar-refractivity contribution >= 4 is 61.6 Å². The smallest absolute Gasteiger partial charge is 0.135 e. The molecule has 0 unspecified atom stereocenters. The number of hydrogen-bond donors (Lipinski definition) is 7. The Morgan fingerprint density at radius 3 is 1.57 bits per heavy atom. The summed E-state index contributed by atoms with van der Waals surface area (Å²) in [5.41, 5.74) is 43.9. The number of nitrogens with two attached hydrogens (primary N) is 7. The third-order valence-corrected chi connectivity index (χ3v) is 3.56. The van der Waals surface area contributed by atoms with E-state index in [1.165, 1.54) is 6.07 Å². The predicted molar refractivity (Wildman–Crippen MR) is 90.1 cm³/mol. The number of rotatable bonds is 0. The topological polar surface area (TPSA) is 195 Å². The Hall–Kier alpha value is -3.29. The summed E-state index contributed by atoms with van der Waals surface area (Å²) < 4.78 is 0. The molecule has 0 atom stereocenters. The molecule has 0 spiro atoms. The Morgan fingerprint density at radius 1 is 0.571 bits per heavy atom. The van der Waals surface area contributed by atoms with Crippen LogP contribution in [0.5, 0.6) is 0 Å². The normalized spacial score (nSPS) is 11.2. The van der Waals surface area contributed by atoms with Gasteiger partial charge in [-0.1, -0.05) is 0 Å². The van der Waals surface area contributed by atoms with Gasteiger partial charge in [0, 0.05) is 39.3 Å². The molecule has 0 aliphatic carbocycles. The molecule has 14 N–H and O–H groups in total. The van der Waals surface area contributed by atoms with Crippen LogP contribution in [-0.2, 0) is 0 Å². The molecule has 0 amide bonds. The molecule has 108 valence electrons. The van der Waals surface area contributed by atoms with E-state index < -0.39 is 0 Å². The molecule has 8 heteroatoms. The zero-order valence-electron chi connectivity index (χ0n) is 11.1. The van der Waals surface area contributed by atoms with Crippen LogP contribution in [0.4, 0.5) is 40.1 Å². The summed E-state index contributed by atoms with van der Waals surface area (Å²) in [6.07, 6.45) is 0. The highest BCUT2D eigenvalue weighted by Crippen LogP contribution is 2.46. The van der Waals surface area contributed by atoms with Gasteiger partial charge in [-0.2, -0.15) is 0 Å².